The Labute approximate surface area is 818 Å². The number of rotatable bonds is 9. The Bertz CT molecular complexity index is 10900. The highest BCUT2D eigenvalue weighted by molar-refractivity contribution is 6.31. The summed E-state index contributed by atoms with van der Waals surface area (Å²) < 4.78 is 33.7. The molecular formula is C134H82N6O3. The maximum Gasteiger partial charge on any atom is 0.137 e. The maximum atomic E-state index is 6.40. The molecule has 32 rings (SSSR count). The van der Waals surface area contributed by atoms with Gasteiger partial charge in [0.05, 0.1) is 82.4 Å². The van der Waals surface area contributed by atoms with Crippen LogP contribution in [-0.4, -0.2) is 27.4 Å². The molecule has 0 bridgehead atoms. The molecule has 0 amide bonds. The Morgan fingerprint density at radius 2 is 0.385 bits per heavy atom. The van der Waals surface area contributed by atoms with Crippen molar-refractivity contribution in [1.29, 1.82) is 0 Å². The Morgan fingerprint density at radius 3 is 0.776 bits per heavy atom. The van der Waals surface area contributed by atoms with Gasteiger partial charge in [0.2, 0.25) is 0 Å². The summed E-state index contributed by atoms with van der Waals surface area (Å²) in [5.41, 5.74) is 33.7. The van der Waals surface area contributed by atoms with Gasteiger partial charge < -0.3 is 40.7 Å². The molecule has 0 aliphatic heterocycles. The molecule has 0 aliphatic carbocycles. The number of nitrogens with zero attached hydrogens (tertiary/aromatic N) is 6. The fourth-order valence-electron chi connectivity index (χ4n) is 23.5. The number of benzene rings is 23. The van der Waals surface area contributed by atoms with Crippen molar-refractivity contribution in [3.63, 3.8) is 0 Å². The van der Waals surface area contributed by atoms with E-state index in [0.29, 0.717) is 0 Å². The van der Waals surface area contributed by atoms with Crippen LogP contribution < -0.4 is 0 Å². The Hall–Kier alpha value is -19.2. The van der Waals surface area contributed by atoms with Gasteiger partial charge in [-0.3, -0.25) is 0 Å². The number of aromatic nitrogens is 6. The molecule has 0 radical (unpaired) electrons. The van der Waals surface area contributed by atoms with Crippen LogP contribution in [-0.2, 0) is 0 Å². The van der Waals surface area contributed by atoms with Crippen molar-refractivity contribution in [3.8, 4) is 67.5 Å². The van der Waals surface area contributed by atoms with Crippen molar-refractivity contribution in [2.45, 2.75) is 0 Å². The highest BCUT2D eigenvalue weighted by Gasteiger charge is 2.28. The van der Waals surface area contributed by atoms with Crippen molar-refractivity contribution >= 4 is 218 Å². The van der Waals surface area contributed by atoms with Gasteiger partial charge in [0.25, 0.3) is 0 Å². The van der Waals surface area contributed by atoms with Crippen LogP contribution in [0.2, 0.25) is 0 Å². The van der Waals surface area contributed by atoms with Crippen molar-refractivity contribution in [1.82, 2.24) is 27.4 Å². The minimum absolute atomic E-state index is 0.901. The summed E-state index contributed by atoms with van der Waals surface area (Å²) in [7, 11) is 0. The van der Waals surface area contributed by atoms with E-state index in [1.54, 1.807) is 0 Å². The first-order valence-electron chi connectivity index (χ1n) is 48.9. The van der Waals surface area contributed by atoms with Crippen LogP contribution in [0.3, 0.4) is 0 Å². The fraction of sp³-hybridized carbons (Fsp3) is 0. The molecule has 9 heterocycles. The molecule has 9 aromatic heterocycles. The minimum atomic E-state index is 0.901. The van der Waals surface area contributed by atoms with Crippen LogP contribution in [0.5, 0.6) is 0 Å². The minimum Gasteiger partial charge on any atom is -0.456 e. The highest BCUT2D eigenvalue weighted by Crippen LogP contribution is 2.50. The average Bonchev–Trinajstić information content (AvgIpc) is 1.55. The van der Waals surface area contributed by atoms with Crippen LogP contribution in [0.25, 0.3) is 286 Å². The monoisotopic (exact) mass is 1820 g/mol. The summed E-state index contributed by atoms with van der Waals surface area (Å²) in [6.45, 7) is 0. The molecule has 0 N–H and O–H groups in total. The highest BCUT2D eigenvalue weighted by atomic mass is 16.3. The lowest BCUT2D eigenvalue weighted by Crippen LogP contribution is -1.96. The van der Waals surface area contributed by atoms with Crippen molar-refractivity contribution < 1.29 is 13.3 Å². The smallest absolute Gasteiger partial charge is 0.137 e. The summed E-state index contributed by atoms with van der Waals surface area (Å²) >= 11 is 0. The molecule has 23 aromatic carbocycles. The molecule has 9 nitrogen and oxygen atoms in total. The van der Waals surface area contributed by atoms with Crippen LogP contribution >= 0.6 is 0 Å². The molecule has 0 saturated heterocycles. The summed E-state index contributed by atoms with van der Waals surface area (Å²) in [5, 5.41) is 26.7. The van der Waals surface area contributed by atoms with E-state index in [4.69, 9.17) is 13.3 Å². The lowest BCUT2D eigenvalue weighted by Gasteiger charge is -2.11. The summed E-state index contributed by atoms with van der Waals surface area (Å²) in [4.78, 5) is 0. The first-order chi connectivity index (χ1) is 70.9. The van der Waals surface area contributed by atoms with Gasteiger partial charge >= 0.3 is 0 Å². The molecule has 666 valence electrons. The molecule has 0 aliphatic rings. The quantitative estimate of drug-likeness (QED) is 0.145. The van der Waals surface area contributed by atoms with Crippen LogP contribution in [0, 0.1) is 0 Å². The first-order valence-corrected chi connectivity index (χ1v) is 48.9. The third kappa shape index (κ3) is 12.4. The molecule has 143 heavy (non-hydrogen) atoms. The lowest BCUT2D eigenvalue weighted by molar-refractivity contribution is 0.669. The predicted molar refractivity (Wildman–Crippen MR) is 599 cm³/mol. The molecule has 0 saturated carbocycles. The molecule has 0 atom stereocenters. The van der Waals surface area contributed by atoms with E-state index in [1.807, 2.05) is 18.2 Å². The van der Waals surface area contributed by atoms with Gasteiger partial charge in [0.15, 0.2) is 0 Å². The van der Waals surface area contributed by atoms with E-state index in [2.05, 4.69) is 507 Å². The zero-order chi connectivity index (χ0) is 93.6. The van der Waals surface area contributed by atoms with Crippen molar-refractivity contribution in [3.05, 3.63) is 497 Å². The largest absolute Gasteiger partial charge is 0.456 e. The molecule has 9 heteroatoms. The molecule has 0 unspecified atom stereocenters. The normalized spacial score (nSPS) is 12.1. The van der Waals surface area contributed by atoms with Gasteiger partial charge in [-0.25, -0.2) is 0 Å². The first kappa shape index (κ1) is 79.9. The third-order valence-corrected chi connectivity index (χ3v) is 29.9. The van der Waals surface area contributed by atoms with E-state index < -0.39 is 0 Å². The standard InChI is InChI=1S/C48H30N2O.C46H28N2O.C40H24N2O/c1-3-12-31(13-4-1)33-14-11-15-34(28-33)32-22-24-36(25-23-32)49-42-20-9-7-18-37(42)40-29-41-38-26-27-46-47(39-19-8-10-21-45(39)51-46)48(38)50(44(41)30-43(40)49)35-16-5-2-6-17-35;1-2-12-33(13-3-1)48-42-28-41-38(27-39(42)36-24-25-44-45(46(36)48)37-15-7-9-17-43(37)49-44)35-14-6-8-16-40(35)47(41)34-22-20-30(21-23-34)32-19-18-29-10-4-5-11-31(29)26-32;1-2-12-27(13-3-1)42-36-24-35-32(23-33(36)30-20-21-38-39(40(30)42)31-15-7-9-17-37(31)43-38)29-14-6-8-16-34(29)41(35)28-19-18-25-10-4-5-11-26(25)22-28/h1-30H;1-28H;1-24H. The summed E-state index contributed by atoms with van der Waals surface area (Å²) in [5.74, 6) is 0. The van der Waals surface area contributed by atoms with Gasteiger partial charge in [-0.2, -0.15) is 0 Å². The van der Waals surface area contributed by atoms with E-state index in [0.717, 1.165) is 99.9 Å². The van der Waals surface area contributed by atoms with E-state index >= 15 is 0 Å². The molecule has 0 spiro atoms. The Kier molecular flexibility index (Phi) is 17.7. The fourth-order valence-corrected chi connectivity index (χ4v) is 23.5. The number of hydrogen-bond acceptors (Lipinski definition) is 3. The van der Waals surface area contributed by atoms with Gasteiger partial charge in [-0.1, -0.05) is 303 Å². The summed E-state index contributed by atoms with van der Waals surface area (Å²) in [6.07, 6.45) is 0. The van der Waals surface area contributed by atoms with Gasteiger partial charge in [0.1, 0.15) is 33.5 Å². The van der Waals surface area contributed by atoms with Crippen LogP contribution in [0.4, 0.5) is 0 Å². The number of furan rings is 3. The molecule has 32 aromatic rings. The second-order valence-electron chi connectivity index (χ2n) is 37.7. The zero-order valence-corrected chi connectivity index (χ0v) is 77.3. The Morgan fingerprint density at radius 1 is 0.119 bits per heavy atom. The van der Waals surface area contributed by atoms with Crippen molar-refractivity contribution in [2.24, 2.45) is 0 Å². The third-order valence-electron chi connectivity index (χ3n) is 29.9. The lowest BCUT2D eigenvalue weighted by atomic mass is 9.99. The van der Waals surface area contributed by atoms with Crippen LogP contribution in [0.1, 0.15) is 0 Å². The summed E-state index contributed by atoms with van der Waals surface area (Å²) in [6, 6.07) is 179. The second kappa shape index (κ2) is 31.7. The number of fused-ring (bicyclic) bond motifs is 32. The van der Waals surface area contributed by atoms with E-state index in [1.165, 1.54) is 186 Å². The van der Waals surface area contributed by atoms with E-state index in [-0.39, 0.29) is 0 Å². The second-order valence-corrected chi connectivity index (χ2v) is 37.7. The van der Waals surface area contributed by atoms with E-state index in [9.17, 15) is 0 Å². The average molecular weight is 1820 g/mol. The topological polar surface area (TPSA) is 69.0 Å². The van der Waals surface area contributed by atoms with Crippen molar-refractivity contribution in [2.75, 3.05) is 0 Å². The number of hydrogen-bond donors (Lipinski definition) is 0. The zero-order valence-electron chi connectivity index (χ0n) is 77.3. The molecular weight excluding hydrogens is 1740 g/mol. The molecule has 0 fully saturated rings. The van der Waals surface area contributed by atoms with Gasteiger partial charge in [-0.05, 0) is 249 Å². The Balaban J connectivity index is 0.000000100. The maximum absolute atomic E-state index is 6.40. The predicted octanol–water partition coefficient (Wildman–Crippen LogP) is 36.6. The van der Waals surface area contributed by atoms with Gasteiger partial charge in [0, 0.05) is 115 Å². The van der Waals surface area contributed by atoms with Gasteiger partial charge in [-0.15, -0.1) is 0 Å². The SMILES string of the molecule is c1ccc(-c2cccc(-c3ccc(-n4c5ccccc5c5cc6c7ccc8oc9ccccc9c8c7n(-c7ccccc7)c6cc54)cc3)c2)cc1.c1ccc(-n2c3cc4c(cc3c3ccc5oc6ccccc6c5c32)c2ccccc2n4-c2ccc(-c3ccc4ccccc4c3)cc2)cc1.c1ccc(-n2c3cc4c(cc3c3ccc5oc6ccccc6c5c32)c2ccccc2n4-c2ccc3ccccc3c2)cc1. The van der Waals surface area contributed by atoms with Crippen LogP contribution in [0.15, 0.2) is 511 Å². The number of para-hydroxylation sites is 9.